The maximum atomic E-state index is 14.8. The number of fused-ring (bicyclic) bond motifs is 2. The van der Waals surface area contributed by atoms with Gasteiger partial charge in [-0.2, -0.15) is 17.0 Å². The Morgan fingerprint density at radius 2 is 1.57 bits per heavy atom. The Labute approximate surface area is 315 Å². The topological polar surface area (TPSA) is 177 Å². The lowest BCUT2D eigenvalue weighted by atomic mass is 9.86. The van der Waals surface area contributed by atoms with Gasteiger partial charge in [-0.15, -0.1) is 0 Å². The minimum Gasteiger partial charge on any atom is -0.350 e. The molecule has 4 N–H and O–H groups in total. The van der Waals surface area contributed by atoms with E-state index in [0.29, 0.717) is 32.2 Å². The van der Waals surface area contributed by atoms with Gasteiger partial charge in [0.05, 0.1) is 6.04 Å². The van der Waals surface area contributed by atoms with Crippen LogP contribution < -0.4 is 21.3 Å². The zero-order chi connectivity index (χ0) is 39.6. The van der Waals surface area contributed by atoms with Gasteiger partial charge in [0.1, 0.15) is 12.1 Å². The Hall–Kier alpha value is -3.56. The smallest absolute Gasteiger partial charge is 0.315 e. The van der Waals surface area contributed by atoms with Crippen molar-refractivity contribution in [2.45, 2.75) is 105 Å². The first-order valence-electron chi connectivity index (χ1n) is 18.9. The SMILES string of the molecule is CCCCC(NC(=O)[C@@H]1[C@@H]2[C@H](CN1C(=O)[C@@H](NC(=O)N[C@H](CN(C)S(=O)(=O)N(C)C)C(C)(C)C)C1Cc3ccccc3C1)C2(C)C)C(=O)C(=O)NCC. The van der Waals surface area contributed by atoms with Crippen molar-refractivity contribution in [1.29, 1.82) is 0 Å². The molecule has 1 unspecified atom stereocenters. The average molecular weight is 760 g/mol. The van der Waals surface area contributed by atoms with Crippen molar-refractivity contribution in [1.82, 2.24) is 34.8 Å². The number of unbranched alkanes of at least 4 members (excludes halogenated alkanes) is 1. The van der Waals surface area contributed by atoms with Crippen molar-refractivity contribution >= 4 is 39.7 Å². The third-order valence-corrected chi connectivity index (χ3v) is 13.4. The van der Waals surface area contributed by atoms with Crippen LogP contribution in [0.1, 0.15) is 78.9 Å². The third kappa shape index (κ3) is 9.22. The predicted molar refractivity (Wildman–Crippen MR) is 203 cm³/mol. The number of Topliss-reactive ketones (excluding diaryl/α,β-unsaturated/α-hetero) is 1. The molecule has 14 nitrogen and oxygen atoms in total. The van der Waals surface area contributed by atoms with Crippen molar-refractivity contribution in [3.63, 3.8) is 0 Å². The number of hydrogen-bond acceptors (Lipinski definition) is 7. The molecule has 1 aromatic carbocycles. The first kappa shape index (κ1) is 42.2. The van der Waals surface area contributed by atoms with Gasteiger partial charge in [-0.1, -0.05) is 78.6 Å². The summed E-state index contributed by atoms with van der Waals surface area (Å²) in [5, 5.41) is 11.3. The highest BCUT2D eigenvalue weighted by molar-refractivity contribution is 7.86. The Morgan fingerprint density at radius 3 is 2.09 bits per heavy atom. The van der Waals surface area contributed by atoms with Crippen molar-refractivity contribution in [2.75, 3.05) is 40.8 Å². The lowest BCUT2D eigenvalue weighted by molar-refractivity contribution is -0.144. The maximum Gasteiger partial charge on any atom is 0.315 e. The number of carbonyl (C=O) groups excluding carboxylic acids is 5. The molecule has 1 heterocycles. The van der Waals surface area contributed by atoms with E-state index in [0.717, 1.165) is 21.9 Å². The standard InChI is InChI=1S/C38H61N7O7S/c1-11-13-18-27(32(46)34(48)39-12-2)40-33(47)31-29-26(38(29,6)7)21-45(31)35(49)30(25-19-23-16-14-15-17-24(23)20-25)42-36(50)41-28(37(3,4)5)22-44(10)53(51,52)43(8)9/h14-17,25-31H,11-13,18-22H2,1-10H3,(H,39,48)(H,40,47)(H2,41,42,50)/t26-,27?,28+,29-,30-,31-/m0/s1. The summed E-state index contributed by atoms with van der Waals surface area (Å²) >= 11 is 0. The molecule has 1 saturated heterocycles. The van der Waals surface area contributed by atoms with Gasteiger partial charge >= 0.3 is 6.03 Å². The normalized spacial score (nSPS) is 22.4. The fourth-order valence-electron chi connectivity index (χ4n) is 8.05. The molecule has 296 valence electrons. The highest BCUT2D eigenvalue weighted by Crippen LogP contribution is 2.65. The average Bonchev–Trinajstić information content (AvgIpc) is 3.43. The van der Waals surface area contributed by atoms with Crippen molar-refractivity contribution in [2.24, 2.45) is 28.6 Å². The second-order valence-corrected chi connectivity index (χ2v) is 19.1. The first-order valence-corrected chi connectivity index (χ1v) is 20.3. The van der Waals surface area contributed by atoms with Crippen LogP contribution in [0, 0.1) is 28.6 Å². The molecule has 53 heavy (non-hydrogen) atoms. The number of rotatable bonds is 16. The van der Waals surface area contributed by atoms with Gasteiger partial charge < -0.3 is 26.2 Å². The second kappa shape index (κ2) is 16.4. The number of likely N-dealkylation sites (tertiary alicyclic amines) is 1. The monoisotopic (exact) mass is 759 g/mol. The van der Waals surface area contributed by atoms with Crippen LogP contribution in [0.5, 0.6) is 0 Å². The molecular weight excluding hydrogens is 699 g/mol. The van der Waals surface area contributed by atoms with Crippen LogP contribution in [0.15, 0.2) is 24.3 Å². The molecule has 15 heteroatoms. The van der Waals surface area contributed by atoms with Crippen LogP contribution >= 0.6 is 0 Å². The van der Waals surface area contributed by atoms with E-state index in [1.54, 1.807) is 11.8 Å². The van der Waals surface area contributed by atoms with Crippen molar-refractivity contribution < 1.29 is 32.4 Å². The molecule has 5 amide bonds. The molecule has 1 aromatic rings. The van der Waals surface area contributed by atoms with Gasteiger partial charge in [-0.3, -0.25) is 19.2 Å². The van der Waals surface area contributed by atoms with Crippen molar-refractivity contribution in [3.05, 3.63) is 35.4 Å². The Morgan fingerprint density at radius 1 is 0.962 bits per heavy atom. The van der Waals surface area contributed by atoms with E-state index in [2.05, 4.69) is 35.1 Å². The van der Waals surface area contributed by atoms with Crippen LogP contribution in [-0.4, -0.2) is 116 Å². The molecule has 3 aliphatic rings. The number of amides is 5. The van der Waals surface area contributed by atoms with E-state index >= 15 is 0 Å². The molecule has 1 saturated carbocycles. The number of nitrogens with zero attached hydrogens (tertiary/aromatic N) is 3. The minimum absolute atomic E-state index is 0.00801. The molecule has 2 aliphatic carbocycles. The molecule has 1 aliphatic heterocycles. The van der Waals surface area contributed by atoms with E-state index < -0.39 is 63.4 Å². The maximum absolute atomic E-state index is 14.8. The van der Waals surface area contributed by atoms with Crippen LogP contribution in [0.25, 0.3) is 0 Å². The highest BCUT2D eigenvalue weighted by Gasteiger charge is 2.70. The molecule has 0 bridgehead atoms. The van der Waals surface area contributed by atoms with E-state index in [1.165, 1.54) is 25.4 Å². The summed E-state index contributed by atoms with van der Waals surface area (Å²) in [7, 11) is 0.581. The molecule has 0 radical (unpaired) electrons. The van der Waals surface area contributed by atoms with Gasteiger partial charge in [0, 0.05) is 46.8 Å². The lowest BCUT2D eigenvalue weighted by Crippen LogP contribution is -2.62. The Balaban J connectivity index is 1.62. The Kier molecular flexibility index (Phi) is 13.1. The van der Waals surface area contributed by atoms with E-state index in [9.17, 15) is 32.4 Å². The number of nitrogens with one attached hydrogen (secondary N) is 4. The van der Waals surface area contributed by atoms with Gasteiger partial charge in [0.25, 0.3) is 16.1 Å². The van der Waals surface area contributed by atoms with Gasteiger partial charge in [-0.05, 0) is 65.9 Å². The summed E-state index contributed by atoms with van der Waals surface area (Å²) in [6.07, 6.45) is 2.76. The quantitative estimate of drug-likeness (QED) is 0.187. The summed E-state index contributed by atoms with van der Waals surface area (Å²) < 4.78 is 28.0. The highest BCUT2D eigenvalue weighted by atomic mass is 32.2. The minimum atomic E-state index is -3.76. The number of likely N-dealkylation sites (N-methyl/N-ethyl adjacent to an activating group) is 2. The summed E-state index contributed by atoms with van der Waals surface area (Å²) in [5.41, 5.74) is 1.40. The predicted octanol–water partition coefficient (Wildman–Crippen LogP) is 2.09. The molecule has 0 aromatic heterocycles. The van der Waals surface area contributed by atoms with E-state index in [4.69, 9.17) is 0 Å². The van der Waals surface area contributed by atoms with E-state index in [1.807, 2.05) is 52.0 Å². The van der Waals surface area contributed by atoms with Gasteiger partial charge in [-0.25, -0.2) is 4.79 Å². The molecule has 4 rings (SSSR count). The number of hydrogen-bond donors (Lipinski definition) is 4. The molecule has 2 fully saturated rings. The number of urea groups is 1. The fourth-order valence-corrected chi connectivity index (χ4v) is 8.94. The summed E-state index contributed by atoms with van der Waals surface area (Å²) in [6.45, 7) is 14.1. The van der Waals surface area contributed by atoms with Crippen LogP contribution in [0.4, 0.5) is 4.79 Å². The molecular formula is C38H61N7O7S. The second-order valence-electron chi connectivity index (χ2n) is 16.8. The largest absolute Gasteiger partial charge is 0.350 e. The number of piperidine rings is 1. The lowest BCUT2D eigenvalue weighted by Gasteiger charge is -2.37. The zero-order valence-corrected chi connectivity index (χ0v) is 33.9. The third-order valence-electron chi connectivity index (χ3n) is 11.6. The summed E-state index contributed by atoms with van der Waals surface area (Å²) in [4.78, 5) is 70.3. The number of benzene rings is 1. The van der Waals surface area contributed by atoms with Crippen LogP contribution in [0.3, 0.4) is 0 Å². The first-order chi connectivity index (χ1) is 24.7. The molecule has 0 spiro atoms. The van der Waals surface area contributed by atoms with E-state index in [-0.39, 0.29) is 42.2 Å². The van der Waals surface area contributed by atoms with Crippen molar-refractivity contribution in [3.8, 4) is 0 Å². The summed E-state index contributed by atoms with van der Waals surface area (Å²) in [5.74, 6) is -2.76. The van der Waals surface area contributed by atoms with Gasteiger partial charge in [0.15, 0.2) is 0 Å². The van der Waals surface area contributed by atoms with Crippen LogP contribution in [-0.2, 0) is 42.2 Å². The van der Waals surface area contributed by atoms with Crippen LogP contribution in [0.2, 0.25) is 0 Å². The molecule has 6 atom stereocenters. The van der Waals surface area contributed by atoms with Gasteiger partial charge in [0.2, 0.25) is 17.6 Å². The Bertz CT molecular complexity index is 1630. The summed E-state index contributed by atoms with van der Waals surface area (Å²) in [6, 6.07) is 3.74. The fraction of sp³-hybridized carbons (Fsp3) is 0.711. The number of carbonyl (C=O) groups is 5. The zero-order valence-electron chi connectivity index (χ0n) is 33.1. The number of ketones is 1.